The van der Waals surface area contributed by atoms with Crippen LogP contribution in [-0.4, -0.2) is 35.1 Å². The first-order valence-electron chi connectivity index (χ1n) is 14.4. The molecule has 0 heterocycles. The first-order valence-corrected chi connectivity index (χ1v) is 20.7. The zero-order valence-corrected chi connectivity index (χ0v) is 28.5. The molecule has 0 saturated heterocycles. The summed E-state index contributed by atoms with van der Waals surface area (Å²) in [4.78, 5) is 11.8. The highest BCUT2D eigenvalue weighted by Gasteiger charge is 2.41. The van der Waals surface area contributed by atoms with Crippen molar-refractivity contribution in [2.24, 2.45) is 35.5 Å². The number of carbonyl (C=O) groups excluding carboxylic acids is 1. The van der Waals surface area contributed by atoms with Gasteiger partial charge in [0, 0.05) is 5.92 Å². The van der Waals surface area contributed by atoms with E-state index in [0.717, 1.165) is 12.7 Å². The molecule has 0 bridgehead atoms. The molecule has 8 atom stereocenters. The van der Waals surface area contributed by atoms with Crippen molar-refractivity contribution in [2.75, 3.05) is 0 Å². The van der Waals surface area contributed by atoms with E-state index in [1.807, 2.05) is 13.0 Å². The molecule has 0 aliphatic rings. The molecule has 0 saturated carbocycles. The van der Waals surface area contributed by atoms with Gasteiger partial charge in [0.25, 0.3) is 0 Å². The lowest BCUT2D eigenvalue weighted by molar-refractivity contribution is -0.114. The van der Waals surface area contributed by atoms with Gasteiger partial charge >= 0.3 is 0 Å². The summed E-state index contributed by atoms with van der Waals surface area (Å²) in [5, 5.41) is 0.136. The molecule has 212 valence electrons. The normalized spacial score (nSPS) is 20.3. The average Bonchev–Trinajstić information content (AvgIpc) is 2.75. The van der Waals surface area contributed by atoms with Gasteiger partial charge in [0.2, 0.25) is 0 Å². The van der Waals surface area contributed by atoms with Gasteiger partial charge in [-0.15, -0.1) is 0 Å². The van der Waals surface area contributed by atoms with E-state index in [9.17, 15) is 4.79 Å². The summed E-state index contributed by atoms with van der Waals surface area (Å²) in [6, 6.07) is 0. The maximum atomic E-state index is 11.8. The molecule has 0 fully saturated rings. The van der Waals surface area contributed by atoms with Crippen molar-refractivity contribution in [3.63, 3.8) is 0 Å². The molecule has 0 N–H and O–H groups in total. The lowest BCUT2D eigenvalue weighted by Crippen LogP contribution is -2.47. The molecule has 0 aromatic rings. The third-order valence-electron chi connectivity index (χ3n) is 8.39. The van der Waals surface area contributed by atoms with Crippen LogP contribution in [0.1, 0.15) is 81.6 Å². The molecule has 0 radical (unpaired) electrons. The van der Waals surface area contributed by atoms with Crippen LogP contribution < -0.4 is 0 Å². The van der Waals surface area contributed by atoms with Crippen LogP contribution in [0.3, 0.4) is 0 Å². The molecule has 0 aromatic heterocycles. The minimum absolute atomic E-state index is 0.00536. The van der Waals surface area contributed by atoms with Crippen LogP contribution in [0, 0.1) is 35.5 Å². The summed E-state index contributed by atoms with van der Waals surface area (Å²) in [7, 11) is -3.60. The molecule has 0 aliphatic carbocycles. The van der Waals surface area contributed by atoms with Crippen LogP contribution in [0.15, 0.2) is 24.8 Å². The number of allylic oxidation sites excluding steroid dienone is 2. The topological polar surface area (TPSA) is 35.5 Å². The van der Waals surface area contributed by atoms with Crippen molar-refractivity contribution in [1.29, 1.82) is 0 Å². The molecule has 0 spiro atoms. The summed E-state index contributed by atoms with van der Waals surface area (Å²) in [5.41, 5.74) is 0. The standard InChI is InChI=1S/C31H62O3Si2/c1-16-17-18-25(4)30(33-35(11,12)13)28(7)24(3)20-19-23(2)21-26(5)29(27(6)22-32)34-36(14,15)31(8,9)10/h16-18,22-30H,1,19-21H2,2-15H3/b18-17-/t23-,24+,25-,26-,27-,28-,29+,30-/m0/s1. The van der Waals surface area contributed by atoms with Crippen LogP contribution in [0.2, 0.25) is 37.8 Å². The molecule has 36 heavy (non-hydrogen) atoms. The Morgan fingerprint density at radius 2 is 1.36 bits per heavy atom. The summed E-state index contributed by atoms with van der Waals surface area (Å²) in [5.74, 6) is 2.29. The fourth-order valence-corrected chi connectivity index (χ4v) is 7.55. The van der Waals surface area contributed by atoms with E-state index >= 15 is 0 Å². The lowest BCUT2D eigenvalue weighted by Gasteiger charge is -2.42. The Morgan fingerprint density at radius 1 is 0.806 bits per heavy atom. The number of aldehydes is 1. The van der Waals surface area contributed by atoms with Gasteiger partial charge in [-0.1, -0.05) is 100.0 Å². The fraction of sp³-hybridized carbons (Fsp3) is 0.839. The third-order valence-corrected chi connectivity index (χ3v) is 13.8. The van der Waals surface area contributed by atoms with Crippen LogP contribution in [-0.2, 0) is 13.6 Å². The van der Waals surface area contributed by atoms with Crippen molar-refractivity contribution >= 4 is 22.9 Å². The zero-order chi connectivity index (χ0) is 28.5. The fourth-order valence-electron chi connectivity index (χ4n) is 4.82. The van der Waals surface area contributed by atoms with E-state index in [2.05, 4.69) is 107 Å². The number of rotatable bonds is 17. The minimum atomic E-state index is -1.95. The second-order valence-electron chi connectivity index (χ2n) is 14.2. The molecule has 0 amide bonds. The number of carbonyl (C=O) groups is 1. The monoisotopic (exact) mass is 538 g/mol. The van der Waals surface area contributed by atoms with E-state index in [-0.39, 0.29) is 23.2 Å². The second kappa shape index (κ2) is 15.2. The molecule has 0 aliphatic heterocycles. The maximum absolute atomic E-state index is 11.8. The van der Waals surface area contributed by atoms with Gasteiger partial charge in [-0.25, -0.2) is 0 Å². The van der Waals surface area contributed by atoms with Crippen LogP contribution in [0.4, 0.5) is 0 Å². The third kappa shape index (κ3) is 12.4. The summed E-state index contributed by atoms with van der Waals surface area (Å²) >= 11 is 0. The molecule has 0 rings (SSSR count). The lowest BCUT2D eigenvalue weighted by atomic mass is 9.79. The van der Waals surface area contributed by atoms with Crippen LogP contribution in [0.5, 0.6) is 0 Å². The van der Waals surface area contributed by atoms with Gasteiger partial charge in [-0.05, 0) is 73.8 Å². The Morgan fingerprint density at radius 3 is 1.81 bits per heavy atom. The van der Waals surface area contributed by atoms with E-state index in [1.165, 1.54) is 12.8 Å². The predicted molar refractivity (Wildman–Crippen MR) is 165 cm³/mol. The largest absolute Gasteiger partial charge is 0.414 e. The Kier molecular flexibility index (Phi) is 15.0. The Labute approximate surface area is 228 Å². The first-order chi connectivity index (χ1) is 16.3. The average molecular weight is 539 g/mol. The van der Waals surface area contributed by atoms with Crippen molar-refractivity contribution < 1.29 is 13.6 Å². The first kappa shape index (κ1) is 35.5. The van der Waals surface area contributed by atoms with Gasteiger partial charge in [-0.3, -0.25) is 0 Å². The minimum Gasteiger partial charge on any atom is -0.414 e. The van der Waals surface area contributed by atoms with E-state index < -0.39 is 16.6 Å². The highest BCUT2D eigenvalue weighted by atomic mass is 28.4. The molecule has 0 aromatic carbocycles. The smallest absolute Gasteiger partial charge is 0.192 e. The van der Waals surface area contributed by atoms with Gasteiger partial charge < -0.3 is 13.6 Å². The Bertz CT molecular complexity index is 674. The molecule has 0 unspecified atom stereocenters. The van der Waals surface area contributed by atoms with Gasteiger partial charge in [0.15, 0.2) is 16.6 Å². The predicted octanol–water partition coefficient (Wildman–Crippen LogP) is 9.52. The zero-order valence-electron chi connectivity index (χ0n) is 26.5. The van der Waals surface area contributed by atoms with E-state index in [1.54, 1.807) is 0 Å². The molecule has 3 nitrogen and oxygen atoms in total. The summed E-state index contributed by atoms with van der Waals surface area (Å²) < 4.78 is 13.5. The van der Waals surface area contributed by atoms with Gasteiger partial charge in [0.1, 0.15) is 6.29 Å². The van der Waals surface area contributed by atoms with Crippen molar-refractivity contribution in [1.82, 2.24) is 0 Å². The van der Waals surface area contributed by atoms with Crippen LogP contribution >= 0.6 is 0 Å². The second-order valence-corrected chi connectivity index (χ2v) is 23.5. The number of hydrogen-bond acceptors (Lipinski definition) is 3. The Balaban J connectivity index is 5.27. The van der Waals surface area contributed by atoms with Crippen molar-refractivity contribution in [3.8, 4) is 0 Å². The quantitative estimate of drug-likeness (QED) is 0.105. The van der Waals surface area contributed by atoms with E-state index in [4.69, 9.17) is 8.85 Å². The Hall–Kier alpha value is -0.496. The van der Waals surface area contributed by atoms with Gasteiger partial charge in [-0.2, -0.15) is 0 Å². The van der Waals surface area contributed by atoms with Crippen molar-refractivity contribution in [2.45, 2.75) is 132 Å². The van der Waals surface area contributed by atoms with Crippen LogP contribution in [0.25, 0.3) is 0 Å². The number of hydrogen-bond donors (Lipinski definition) is 0. The summed E-state index contributed by atoms with van der Waals surface area (Å²) in [6.45, 7) is 35.8. The van der Waals surface area contributed by atoms with E-state index in [0.29, 0.717) is 29.6 Å². The highest BCUT2D eigenvalue weighted by Crippen LogP contribution is 2.40. The van der Waals surface area contributed by atoms with Crippen molar-refractivity contribution in [3.05, 3.63) is 24.8 Å². The molecule has 5 heteroatoms. The molecular formula is C31H62O3Si2. The highest BCUT2D eigenvalue weighted by molar-refractivity contribution is 6.74. The SMILES string of the molecule is C=C/C=C\[C@H](C)[C@H](O[Si](C)(C)C)[C@@H](C)[C@H](C)CC[C@H](C)C[C@H](C)[C@@H](O[Si](C)(C)C(C)(C)C)[C@@H](C)C=O. The molecular weight excluding hydrogens is 477 g/mol. The van der Waals surface area contributed by atoms with Gasteiger partial charge in [0.05, 0.1) is 12.2 Å². The summed E-state index contributed by atoms with van der Waals surface area (Å²) in [6.07, 6.45) is 10.9. The maximum Gasteiger partial charge on any atom is 0.192 e.